The van der Waals surface area contributed by atoms with E-state index in [1.807, 2.05) is 12.1 Å². The van der Waals surface area contributed by atoms with Crippen LogP contribution >= 0.6 is 15.9 Å². The first-order valence-electron chi connectivity index (χ1n) is 4.94. The number of aliphatic hydroxyl groups is 1. The van der Waals surface area contributed by atoms with E-state index in [1.54, 1.807) is 0 Å². The summed E-state index contributed by atoms with van der Waals surface area (Å²) in [6.07, 6.45) is 1.85. The van der Waals surface area contributed by atoms with Gasteiger partial charge in [0.25, 0.3) is 0 Å². The molecule has 14 heavy (non-hydrogen) atoms. The Balaban J connectivity index is 2.14. The molecule has 1 atom stereocenters. The van der Waals surface area contributed by atoms with Crippen molar-refractivity contribution in [2.45, 2.75) is 18.9 Å². The Morgan fingerprint density at radius 1 is 1.43 bits per heavy atom. The average Bonchev–Trinajstić information content (AvgIpc) is 2.18. The number of halogens is 1. The van der Waals surface area contributed by atoms with Crippen LogP contribution in [0, 0.1) is 0 Å². The van der Waals surface area contributed by atoms with Crippen molar-refractivity contribution < 1.29 is 5.11 Å². The van der Waals surface area contributed by atoms with Crippen LogP contribution in [0.25, 0.3) is 0 Å². The summed E-state index contributed by atoms with van der Waals surface area (Å²) in [5, 5.41) is 9.56. The van der Waals surface area contributed by atoms with Gasteiger partial charge in [0.05, 0.1) is 6.10 Å². The van der Waals surface area contributed by atoms with Crippen molar-refractivity contribution in [2.75, 3.05) is 18.0 Å². The van der Waals surface area contributed by atoms with Gasteiger partial charge in [0.15, 0.2) is 0 Å². The Bertz CT molecular complexity index is 316. The Labute approximate surface area is 92.7 Å². The van der Waals surface area contributed by atoms with Gasteiger partial charge in [-0.3, -0.25) is 0 Å². The lowest BCUT2D eigenvalue weighted by Crippen LogP contribution is -2.38. The number of β-amino-alcohol motifs (C(OH)–C–C–N with tert-alkyl or cyclic N) is 1. The van der Waals surface area contributed by atoms with Gasteiger partial charge in [-0.1, -0.05) is 22.0 Å². The van der Waals surface area contributed by atoms with Crippen molar-refractivity contribution in [2.24, 2.45) is 0 Å². The fourth-order valence-electron chi connectivity index (χ4n) is 1.86. The first-order valence-corrected chi connectivity index (χ1v) is 5.73. The van der Waals surface area contributed by atoms with E-state index < -0.39 is 0 Å². The zero-order chi connectivity index (χ0) is 9.97. The second-order valence-electron chi connectivity index (χ2n) is 3.72. The third-order valence-corrected chi connectivity index (χ3v) is 3.06. The Morgan fingerprint density at radius 2 is 2.29 bits per heavy atom. The number of rotatable bonds is 1. The minimum Gasteiger partial charge on any atom is -0.391 e. The van der Waals surface area contributed by atoms with Crippen LogP contribution in [0.3, 0.4) is 0 Å². The van der Waals surface area contributed by atoms with Gasteiger partial charge in [-0.15, -0.1) is 0 Å². The Kier molecular flexibility index (Phi) is 3.08. The standard InChI is InChI=1S/C11H14BrNO/c12-9-3-1-4-10(7-9)13-6-2-5-11(14)8-13/h1,3-4,7,11,14H,2,5-6,8H2/t11-/m1/s1. The predicted molar refractivity (Wildman–Crippen MR) is 61.6 cm³/mol. The van der Waals surface area contributed by atoms with Crippen molar-refractivity contribution in [3.05, 3.63) is 28.7 Å². The van der Waals surface area contributed by atoms with Crippen LogP contribution < -0.4 is 4.90 Å². The molecule has 1 aliphatic heterocycles. The summed E-state index contributed by atoms with van der Waals surface area (Å²) in [4.78, 5) is 2.24. The summed E-state index contributed by atoms with van der Waals surface area (Å²) in [7, 11) is 0. The summed E-state index contributed by atoms with van der Waals surface area (Å²) in [6.45, 7) is 1.81. The molecular formula is C11H14BrNO. The van der Waals surface area contributed by atoms with Crippen LogP contribution in [0.4, 0.5) is 5.69 Å². The first-order chi connectivity index (χ1) is 6.75. The van der Waals surface area contributed by atoms with Crippen molar-refractivity contribution in [3.63, 3.8) is 0 Å². The third-order valence-electron chi connectivity index (χ3n) is 2.57. The molecule has 1 saturated heterocycles. The summed E-state index contributed by atoms with van der Waals surface area (Å²) < 4.78 is 1.09. The lowest BCUT2D eigenvalue weighted by Gasteiger charge is -2.32. The molecule has 0 aromatic heterocycles. The molecule has 1 aliphatic rings. The van der Waals surface area contributed by atoms with Crippen LogP contribution in [0.15, 0.2) is 28.7 Å². The molecule has 1 fully saturated rings. The van der Waals surface area contributed by atoms with E-state index in [2.05, 4.69) is 33.0 Å². The summed E-state index contributed by atoms with van der Waals surface area (Å²) in [5.74, 6) is 0. The molecule has 2 rings (SSSR count). The van der Waals surface area contributed by atoms with E-state index >= 15 is 0 Å². The van der Waals surface area contributed by atoms with Crippen LogP contribution in [-0.2, 0) is 0 Å². The second-order valence-corrected chi connectivity index (χ2v) is 4.64. The molecule has 76 valence electrons. The van der Waals surface area contributed by atoms with Crippen molar-refractivity contribution in [1.82, 2.24) is 0 Å². The average molecular weight is 256 g/mol. The molecule has 0 aliphatic carbocycles. The fraction of sp³-hybridized carbons (Fsp3) is 0.455. The van der Waals surface area contributed by atoms with Crippen LogP contribution in [0.1, 0.15) is 12.8 Å². The van der Waals surface area contributed by atoms with Gasteiger partial charge in [-0.2, -0.15) is 0 Å². The number of piperidine rings is 1. The molecule has 0 unspecified atom stereocenters. The minimum atomic E-state index is -0.164. The molecular weight excluding hydrogens is 242 g/mol. The van der Waals surface area contributed by atoms with E-state index in [0.717, 1.165) is 30.4 Å². The normalized spacial score (nSPS) is 22.4. The predicted octanol–water partition coefficient (Wildman–Crippen LogP) is 2.41. The van der Waals surface area contributed by atoms with E-state index in [9.17, 15) is 5.11 Å². The number of benzene rings is 1. The highest BCUT2D eigenvalue weighted by molar-refractivity contribution is 9.10. The zero-order valence-electron chi connectivity index (χ0n) is 7.99. The molecule has 0 radical (unpaired) electrons. The number of hydrogen-bond donors (Lipinski definition) is 1. The molecule has 1 heterocycles. The zero-order valence-corrected chi connectivity index (χ0v) is 9.57. The van der Waals surface area contributed by atoms with E-state index in [-0.39, 0.29) is 6.10 Å². The van der Waals surface area contributed by atoms with Gasteiger partial charge >= 0.3 is 0 Å². The van der Waals surface area contributed by atoms with Crippen molar-refractivity contribution >= 4 is 21.6 Å². The topological polar surface area (TPSA) is 23.5 Å². The van der Waals surface area contributed by atoms with Crippen molar-refractivity contribution in [1.29, 1.82) is 0 Å². The van der Waals surface area contributed by atoms with Gasteiger partial charge in [-0.25, -0.2) is 0 Å². The molecule has 1 aromatic rings. The highest BCUT2D eigenvalue weighted by Crippen LogP contribution is 2.23. The van der Waals surface area contributed by atoms with Crippen LogP contribution in [0.2, 0.25) is 0 Å². The third kappa shape index (κ3) is 2.28. The first kappa shape index (κ1) is 9.99. The smallest absolute Gasteiger partial charge is 0.0715 e. The lowest BCUT2D eigenvalue weighted by molar-refractivity contribution is 0.154. The maximum atomic E-state index is 9.56. The molecule has 0 amide bonds. The van der Waals surface area contributed by atoms with E-state index in [0.29, 0.717) is 0 Å². The quantitative estimate of drug-likeness (QED) is 0.834. The Hall–Kier alpha value is -0.540. The van der Waals surface area contributed by atoms with Gasteiger partial charge in [0.2, 0.25) is 0 Å². The number of nitrogens with zero attached hydrogens (tertiary/aromatic N) is 1. The fourth-order valence-corrected chi connectivity index (χ4v) is 2.25. The summed E-state index contributed by atoms with van der Waals surface area (Å²) in [6, 6.07) is 8.23. The largest absolute Gasteiger partial charge is 0.391 e. The maximum absolute atomic E-state index is 9.56. The summed E-state index contributed by atoms with van der Waals surface area (Å²) >= 11 is 3.45. The van der Waals surface area contributed by atoms with Crippen molar-refractivity contribution in [3.8, 4) is 0 Å². The highest BCUT2D eigenvalue weighted by Gasteiger charge is 2.17. The van der Waals surface area contributed by atoms with Gasteiger partial charge in [0.1, 0.15) is 0 Å². The lowest BCUT2D eigenvalue weighted by atomic mass is 10.1. The van der Waals surface area contributed by atoms with Gasteiger partial charge < -0.3 is 10.0 Å². The van der Waals surface area contributed by atoms with Crippen LogP contribution in [0.5, 0.6) is 0 Å². The molecule has 1 N–H and O–H groups in total. The van der Waals surface area contributed by atoms with Gasteiger partial charge in [-0.05, 0) is 31.0 Å². The summed E-state index contributed by atoms with van der Waals surface area (Å²) in [5.41, 5.74) is 1.19. The SMILES string of the molecule is O[C@@H]1CCCN(c2cccc(Br)c2)C1. The van der Waals surface area contributed by atoms with E-state index in [1.165, 1.54) is 5.69 Å². The van der Waals surface area contributed by atoms with Crippen LogP contribution in [-0.4, -0.2) is 24.3 Å². The molecule has 0 saturated carbocycles. The Morgan fingerprint density at radius 3 is 3.00 bits per heavy atom. The molecule has 0 spiro atoms. The monoisotopic (exact) mass is 255 g/mol. The van der Waals surface area contributed by atoms with E-state index in [4.69, 9.17) is 0 Å². The molecule has 3 heteroatoms. The second kappa shape index (κ2) is 4.32. The molecule has 2 nitrogen and oxygen atoms in total. The molecule has 1 aromatic carbocycles. The number of aliphatic hydroxyl groups excluding tert-OH is 1. The number of hydrogen-bond acceptors (Lipinski definition) is 2. The highest BCUT2D eigenvalue weighted by atomic mass is 79.9. The number of anilines is 1. The van der Waals surface area contributed by atoms with Gasteiger partial charge in [0, 0.05) is 23.2 Å². The molecule has 0 bridgehead atoms. The minimum absolute atomic E-state index is 0.164. The maximum Gasteiger partial charge on any atom is 0.0715 e.